The summed E-state index contributed by atoms with van der Waals surface area (Å²) < 4.78 is 10.5. The van der Waals surface area contributed by atoms with Crippen LogP contribution in [0, 0.1) is 0 Å². The number of nitrogens with one attached hydrogen (secondary N) is 2. The van der Waals surface area contributed by atoms with Crippen LogP contribution in [0.4, 0.5) is 0 Å². The van der Waals surface area contributed by atoms with Crippen molar-refractivity contribution in [2.75, 3.05) is 33.9 Å². The van der Waals surface area contributed by atoms with Gasteiger partial charge in [0.1, 0.15) is 0 Å². The van der Waals surface area contributed by atoms with Crippen molar-refractivity contribution in [2.24, 2.45) is 4.99 Å². The minimum atomic E-state index is -0.720. The number of aliphatic imine (C=N–C) groups is 1. The third-order valence-electron chi connectivity index (χ3n) is 3.80. The van der Waals surface area contributed by atoms with Gasteiger partial charge in [-0.2, -0.15) is 0 Å². The third-order valence-corrected chi connectivity index (χ3v) is 4.74. The summed E-state index contributed by atoms with van der Waals surface area (Å²) in [7, 11) is 3.16. The molecule has 8 heteroatoms. The quantitative estimate of drug-likeness (QED) is 0.277. The Kier molecular flexibility index (Phi) is 11.1. The van der Waals surface area contributed by atoms with E-state index in [4.69, 9.17) is 9.47 Å². The van der Waals surface area contributed by atoms with Crippen LogP contribution in [-0.4, -0.2) is 44.9 Å². The molecule has 0 aliphatic carbocycles. The fourth-order valence-electron chi connectivity index (χ4n) is 2.44. The van der Waals surface area contributed by atoms with Crippen LogP contribution in [0.25, 0.3) is 0 Å². The number of thiophene rings is 1. The number of benzene rings is 1. The number of aliphatic hydroxyl groups excluding tert-OH is 1. The Morgan fingerprint density at radius 3 is 2.59 bits per heavy atom. The van der Waals surface area contributed by atoms with E-state index in [-0.39, 0.29) is 30.5 Å². The van der Waals surface area contributed by atoms with Crippen molar-refractivity contribution < 1.29 is 14.6 Å². The Morgan fingerprint density at radius 1 is 1.19 bits per heavy atom. The third kappa shape index (κ3) is 7.55. The number of hydrogen-bond donors (Lipinski definition) is 3. The van der Waals surface area contributed by atoms with Crippen molar-refractivity contribution in [1.82, 2.24) is 10.6 Å². The molecule has 3 N–H and O–H groups in total. The molecule has 1 heterocycles. The highest BCUT2D eigenvalue weighted by atomic mass is 127. The SMILES string of the molecule is CCNC(=NCC(O)c1ccc(OC)c(OC)c1)NCCc1cccs1.I. The fourth-order valence-corrected chi connectivity index (χ4v) is 3.15. The van der Waals surface area contributed by atoms with Gasteiger partial charge in [0.25, 0.3) is 0 Å². The molecule has 1 unspecified atom stereocenters. The lowest BCUT2D eigenvalue weighted by Gasteiger charge is -2.14. The van der Waals surface area contributed by atoms with Gasteiger partial charge in [-0.05, 0) is 42.5 Å². The van der Waals surface area contributed by atoms with Crippen molar-refractivity contribution in [1.29, 1.82) is 0 Å². The van der Waals surface area contributed by atoms with Gasteiger partial charge in [0.15, 0.2) is 17.5 Å². The van der Waals surface area contributed by atoms with Crippen LogP contribution in [-0.2, 0) is 6.42 Å². The lowest BCUT2D eigenvalue weighted by Crippen LogP contribution is -2.38. The zero-order chi connectivity index (χ0) is 18.8. The summed E-state index contributed by atoms with van der Waals surface area (Å²) in [6.45, 7) is 3.82. The van der Waals surface area contributed by atoms with Crippen LogP contribution in [0.3, 0.4) is 0 Å². The van der Waals surface area contributed by atoms with Crippen LogP contribution in [0.5, 0.6) is 11.5 Å². The number of aliphatic hydroxyl groups is 1. The maximum Gasteiger partial charge on any atom is 0.191 e. The maximum absolute atomic E-state index is 10.4. The minimum Gasteiger partial charge on any atom is -0.493 e. The Labute approximate surface area is 182 Å². The molecular weight excluding hydrogens is 477 g/mol. The highest BCUT2D eigenvalue weighted by molar-refractivity contribution is 14.0. The highest BCUT2D eigenvalue weighted by Crippen LogP contribution is 2.30. The molecule has 0 saturated carbocycles. The average molecular weight is 505 g/mol. The zero-order valence-corrected chi connectivity index (χ0v) is 19.0. The Hall–Kier alpha value is -1.52. The van der Waals surface area contributed by atoms with Gasteiger partial charge in [-0.3, -0.25) is 4.99 Å². The molecule has 0 aliphatic heterocycles. The molecule has 0 aliphatic rings. The van der Waals surface area contributed by atoms with Crippen LogP contribution < -0.4 is 20.1 Å². The standard InChI is InChI=1S/C19H27N3O3S.HI/c1-4-20-19(21-10-9-15-6-5-11-26-15)22-13-16(23)14-7-8-17(24-2)18(12-14)25-3;/h5-8,11-12,16,23H,4,9-10,13H2,1-3H3,(H2,20,21,22);1H. The highest BCUT2D eigenvalue weighted by Gasteiger charge is 2.12. The molecule has 27 heavy (non-hydrogen) atoms. The molecule has 0 spiro atoms. The van der Waals surface area contributed by atoms with E-state index in [2.05, 4.69) is 33.1 Å². The van der Waals surface area contributed by atoms with Crippen molar-refractivity contribution in [3.05, 3.63) is 46.2 Å². The van der Waals surface area contributed by atoms with E-state index in [1.807, 2.05) is 13.0 Å². The molecular formula is C19H28IN3O3S. The second-order valence-corrected chi connectivity index (χ2v) is 6.64. The van der Waals surface area contributed by atoms with Gasteiger partial charge >= 0.3 is 0 Å². The van der Waals surface area contributed by atoms with Crippen LogP contribution in [0.1, 0.15) is 23.5 Å². The van der Waals surface area contributed by atoms with E-state index in [9.17, 15) is 5.11 Å². The smallest absolute Gasteiger partial charge is 0.191 e. The fraction of sp³-hybridized carbons (Fsp3) is 0.421. The summed E-state index contributed by atoms with van der Waals surface area (Å²) in [6, 6.07) is 9.55. The number of guanidine groups is 1. The van der Waals surface area contributed by atoms with Gasteiger partial charge in [-0.25, -0.2) is 0 Å². The van der Waals surface area contributed by atoms with Gasteiger partial charge in [0.2, 0.25) is 0 Å². The molecule has 0 saturated heterocycles. The summed E-state index contributed by atoms with van der Waals surface area (Å²) in [6.07, 6.45) is 0.225. The summed E-state index contributed by atoms with van der Waals surface area (Å²) in [5.74, 6) is 1.92. The molecule has 1 aromatic carbocycles. The normalized spacial score (nSPS) is 12.1. The number of ether oxygens (including phenoxy) is 2. The van der Waals surface area contributed by atoms with Gasteiger partial charge in [0, 0.05) is 18.0 Å². The van der Waals surface area contributed by atoms with Gasteiger partial charge in [-0.15, -0.1) is 35.3 Å². The van der Waals surface area contributed by atoms with Gasteiger partial charge < -0.3 is 25.2 Å². The van der Waals surface area contributed by atoms with Crippen molar-refractivity contribution in [3.63, 3.8) is 0 Å². The van der Waals surface area contributed by atoms with E-state index in [1.165, 1.54) is 4.88 Å². The first-order chi connectivity index (χ1) is 12.7. The minimum absolute atomic E-state index is 0. The predicted molar refractivity (Wildman–Crippen MR) is 122 cm³/mol. The molecule has 2 aromatic rings. The number of halogens is 1. The lowest BCUT2D eigenvalue weighted by molar-refractivity contribution is 0.186. The Morgan fingerprint density at radius 2 is 1.96 bits per heavy atom. The average Bonchev–Trinajstić information content (AvgIpc) is 3.18. The first kappa shape index (κ1) is 23.5. The molecule has 6 nitrogen and oxygen atoms in total. The monoisotopic (exact) mass is 505 g/mol. The zero-order valence-electron chi connectivity index (χ0n) is 15.9. The molecule has 1 atom stereocenters. The molecule has 0 fully saturated rings. The van der Waals surface area contributed by atoms with Gasteiger partial charge in [-0.1, -0.05) is 12.1 Å². The van der Waals surface area contributed by atoms with E-state index >= 15 is 0 Å². The number of hydrogen-bond acceptors (Lipinski definition) is 5. The summed E-state index contributed by atoms with van der Waals surface area (Å²) in [5.41, 5.74) is 0.737. The Balaban J connectivity index is 0.00000364. The van der Waals surface area contributed by atoms with Crippen molar-refractivity contribution in [3.8, 4) is 11.5 Å². The van der Waals surface area contributed by atoms with Crippen molar-refractivity contribution >= 4 is 41.3 Å². The molecule has 150 valence electrons. The van der Waals surface area contributed by atoms with E-state index in [0.29, 0.717) is 17.5 Å². The maximum atomic E-state index is 10.4. The molecule has 2 rings (SSSR count). The van der Waals surface area contributed by atoms with Crippen molar-refractivity contribution in [2.45, 2.75) is 19.4 Å². The molecule has 0 amide bonds. The topological polar surface area (TPSA) is 75.1 Å². The van der Waals surface area contributed by atoms with Crippen LogP contribution in [0.15, 0.2) is 40.7 Å². The van der Waals surface area contributed by atoms with Gasteiger partial charge in [0.05, 0.1) is 26.9 Å². The Bertz CT molecular complexity index is 696. The number of nitrogens with zero attached hydrogens (tertiary/aromatic N) is 1. The summed E-state index contributed by atoms with van der Waals surface area (Å²) in [5, 5.41) is 19.0. The summed E-state index contributed by atoms with van der Waals surface area (Å²) in [4.78, 5) is 5.81. The largest absolute Gasteiger partial charge is 0.493 e. The second kappa shape index (κ2) is 12.8. The molecule has 1 aromatic heterocycles. The summed E-state index contributed by atoms with van der Waals surface area (Å²) >= 11 is 1.75. The number of methoxy groups -OCH3 is 2. The second-order valence-electron chi connectivity index (χ2n) is 5.61. The number of rotatable bonds is 9. The van der Waals surface area contributed by atoms with E-state index in [1.54, 1.807) is 37.7 Å². The molecule has 0 radical (unpaired) electrons. The predicted octanol–water partition coefficient (Wildman–Crippen LogP) is 3.21. The first-order valence-electron chi connectivity index (χ1n) is 8.62. The molecule has 0 bridgehead atoms. The van der Waals surface area contributed by atoms with Crippen LogP contribution in [0.2, 0.25) is 0 Å². The van der Waals surface area contributed by atoms with E-state index < -0.39 is 6.10 Å². The van der Waals surface area contributed by atoms with Crippen LogP contribution >= 0.6 is 35.3 Å². The lowest BCUT2D eigenvalue weighted by atomic mass is 10.1. The van der Waals surface area contributed by atoms with E-state index in [0.717, 1.165) is 25.1 Å². The first-order valence-corrected chi connectivity index (χ1v) is 9.50.